The van der Waals surface area contributed by atoms with E-state index in [2.05, 4.69) is 28.1 Å². The number of fused-ring (bicyclic) bond motifs is 1. The Morgan fingerprint density at radius 3 is 2.78 bits per heavy atom. The van der Waals surface area contributed by atoms with Crippen LogP contribution in [0.2, 0.25) is 0 Å². The Morgan fingerprint density at radius 2 is 2.00 bits per heavy atom. The first-order valence-electron chi connectivity index (χ1n) is 7.39. The zero-order valence-corrected chi connectivity index (χ0v) is 14.1. The van der Waals surface area contributed by atoms with E-state index < -0.39 is 0 Å². The molecule has 0 aromatic heterocycles. The van der Waals surface area contributed by atoms with Gasteiger partial charge < -0.3 is 9.64 Å². The van der Waals surface area contributed by atoms with Crippen LogP contribution in [0.4, 0.5) is 0 Å². The fraction of sp³-hybridized carbons (Fsp3) is 0.222. The van der Waals surface area contributed by atoms with Gasteiger partial charge in [-0.15, -0.1) is 0 Å². The number of carbonyl (C=O) groups is 2. The Morgan fingerprint density at radius 1 is 1.22 bits per heavy atom. The Labute approximate surface area is 143 Å². The van der Waals surface area contributed by atoms with Gasteiger partial charge in [0.05, 0.1) is 5.56 Å². The maximum absolute atomic E-state index is 12.4. The van der Waals surface area contributed by atoms with Crippen LogP contribution in [0.3, 0.4) is 0 Å². The summed E-state index contributed by atoms with van der Waals surface area (Å²) in [7, 11) is 0. The molecule has 3 rings (SSSR count). The molecule has 0 unspecified atom stereocenters. The third-order valence-corrected chi connectivity index (χ3v) is 4.43. The van der Waals surface area contributed by atoms with E-state index in [1.54, 1.807) is 23.1 Å². The second-order valence-corrected chi connectivity index (χ2v) is 6.34. The normalized spacial score (nSPS) is 13.3. The summed E-state index contributed by atoms with van der Waals surface area (Å²) in [6.45, 7) is 1.24. The van der Waals surface area contributed by atoms with E-state index in [1.165, 1.54) is 11.1 Å². The number of hydrogen-bond donors (Lipinski definition) is 0. The van der Waals surface area contributed by atoms with Crippen LogP contribution in [-0.2, 0) is 17.8 Å². The Hall–Kier alpha value is -2.14. The highest BCUT2D eigenvalue weighted by Gasteiger charge is 2.20. The molecule has 1 amide bonds. The smallest absolute Gasteiger partial charge is 0.260 e. The topological polar surface area (TPSA) is 46.6 Å². The molecule has 0 bridgehead atoms. The standard InChI is InChI=1S/C18H16BrNO3/c19-16-5-6-17(15(9-16)11-21)23-12-18(22)20-8-7-13-3-1-2-4-14(13)10-20/h1-6,9,11H,7-8,10,12H2. The number of halogens is 1. The zero-order chi connectivity index (χ0) is 16.2. The molecule has 0 saturated carbocycles. The molecule has 1 aliphatic rings. The Kier molecular flexibility index (Phi) is 4.76. The number of nitrogens with zero attached hydrogens (tertiary/aromatic N) is 1. The van der Waals surface area contributed by atoms with Crippen LogP contribution in [0.5, 0.6) is 5.75 Å². The van der Waals surface area contributed by atoms with Crippen LogP contribution >= 0.6 is 15.9 Å². The summed E-state index contributed by atoms with van der Waals surface area (Å²) < 4.78 is 6.34. The Bertz CT molecular complexity index is 745. The fourth-order valence-corrected chi connectivity index (χ4v) is 3.06. The SMILES string of the molecule is O=Cc1cc(Br)ccc1OCC(=O)N1CCc2ccccc2C1. The molecule has 0 N–H and O–H groups in total. The van der Waals surface area contributed by atoms with Gasteiger partial charge in [0.1, 0.15) is 5.75 Å². The minimum atomic E-state index is -0.0701. The highest BCUT2D eigenvalue weighted by Crippen LogP contribution is 2.22. The summed E-state index contributed by atoms with van der Waals surface area (Å²) in [6.07, 6.45) is 1.58. The van der Waals surface area contributed by atoms with Gasteiger partial charge in [0.2, 0.25) is 0 Å². The van der Waals surface area contributed by atoms with Crippen molar-refractivity contribution >= 4 is 28.1 Å². The van der Waals surface area contributed by atoms with Crippen molar-refractivity contribution in [2.75, 3.05) is 13.2 Å². The summed E-state index contributed by atoms with van der Waals surface area (Å²) in [5.41, 5.74) is 2.91. The lowest BCUT2D eigenvalue weighted by Crippen LogP contribution is -2.38. The molecule has 118 valence electrons. The third-order valence-electron chi connectivity index (χ3n) is 3.93. The minimum absolute atomic E-state index is 0.0648. The van der Waals surface area contributed by atoms with Gasteiger partial charge in [0.25, 0.3) is 5.91 Å². The van der Waals surface area contributed by atoms with Crippen LogP contribution in [0.15, 0.2) is 46.9 Å². The molecule has 4 nitrogen and oxygen atoms in total. The molecule has 0 fully saturated rings. The van der Waals surface area contributed by atoms with Crippen molar-refractivity contribution in [2.45, 2.75) is 13.0 Å². The van der Waals surface area contributed by atoms with E-state index in [0.717, 1.165) is 17.2 Å². The second-order valence-electron chi connectivity index (χ2n) is 5.42. The van der Waals surface area contributed by atoms with Gasteiger partial charge in [0.15, 0.2) is 12.9 Å². The predicted octanol–water partition coefficient (Wildman–Crippen LogP) is 3.23. The Balaban J connectivity index is 1.64. The van der Waals surface area contributed by atoms with E-state index in [4.69, 9.17) is 4.74 Å². The predicted molar refractivity (Wildman–Crippen MR) is 90.6 cm³/mol. The monoisotopic (exact) mass is 373 g/mol. The van der Waals surface area contributed by atoms with E-state index in [9.17, 15) is 9.59 Å². The second kappa shape index (κ2) is 6.96. The minimum Gasteiger partial charge on any atom is -0.483 e. The largest absolute Gasteiger partial charge is 0.483 e. The molecule has 0 atom stereocenters. The number of aldehydes is 1. The van der Waals surface area contributed by atoms with Gasteiger partial charge >= 0.3 is 0 Å². The van der Waals surface area contributed by atoms with Crippen LogP contribution < -0.4 is 4.74 Å². The molecule has 2 aromatic rings. The highest BCUT2D eigenvalue weighted by atomic mass is 79.9. The van der Waals surface area contributed by atoms with Crippen molar-refractivity contribution in [2.24, 2.45) is 0 Å². The molecular weight excluding hydrogens is 358 g/mol. The summed E-state index contributed by atoms with van der Waals surface area (Å²) >= 11 is 3.31. The number of amides is 1. The summed E-state index contributed by atoms with van der Waals surface area (Å²) in [5.74, 6) is 0.355. The quantitative estimate of drug-likeness (QED) is 0.772. The van der Waals surface area contributed by atoms with Gasteiger partial charge in [0, 0.05) is 17.6 Å². The third kappa shape index (κ3) is 3.62. The van der Waals surface area contributed by atoms with E-state index >= 15 is 0 Å². The molecule has 2 aromatic carbocycles. The first kappa shape index (κ1) is 15.7. The number of benzene rings is 2. The molecule has 5 heteroatoms. The van der Waals surface area contributed by atoms with Crippen molar-refractivity contribution in [1.82, 2.24) is 4.90 Å². The van der Waals surface area contributed by atoms with Crippen molar-refractivity contribution in [3.8, 4) is 5.75 Å². The van der Waals surface area contributed by atoms with Crippen LogP contribution in [0, 0.1) is 0 Å². The lowest BCUT2D eigenvalue weighted by molar-refractivity contribution is -0.134. The van der Waals surface area contributed by atoms with Crippen LogP contribution in [0.1, 0.15) is 21.5 Å². The average molecular weight is 374 g/mol. The van der Waals surface area contributed by atoms with Gasteiger partial charge in [-0.05, 0) is 35.7 Å². The van der Waals surface area contributed by atoms with Crippen molar-refractivity contribution in [1.29, 1.82) is 0 Å². The molecule has 0 radical (unpaired) electrons. The van der Waals surface area contributed by atoms with Gasteiger partial charge in [-0.2, -0.15) is 0 Å². The van der Waals surface area contributed by atoms with Crippen molar-refractivity contribution in [3.63, 3.8) is 0 Å². The molecule has 0 spiro atoms. The summed E-state index contributed by atoms with van der Waals surface area (Å²) in [5, 5.41) is 0. The lowest BCUT2D eigenvalue weighted by atomic mass is 10.00. The van der Waals surface area contributed by atoms with Gasteiger partial charge in [-0.25, -0.2) is 0 Å². The zero-order valence-electron chi connectivity index (χ0n) is 12.5. The van der Waals surface area contributed by atoms with Crippen LogP contribution in [-0.4, -0.2) is 30.2 Å². The maximum atomic E-state index is 12.4. The average Bonchev–Trinajstić information content (AvgIpc) is 2.59. The van der Waals surface area contributed by atoms with Gasteiger partial charge in [-0.3, -0.25) is 9.59 Å². The van der Waals surface area contributed by atoms with E-state index in [-0.39, 0.29) is 12.5 Å². The van der Waals surface area contributed by atoms with Crippen molar-refractivity contribution in [3.05, 3.63) is 63.6 Å². The molecule has 0 saturated heterocycles. The number of hydrogen-bond acceptors (Lipinski definition) is 3. The highest BCUT2D eigenvalue weighted by molar-refractivity contribution is 9.10. The molecule has 0 aliphatic carbocycles. The molecule has 1 aliphatic heterocycles. The van der Waals surface area contributed by atoms with Gasteiger partial charge in [-0.1, -0.05) is 40.2 Å². The first-order chi connectivity index (χ1) is 11.2. The molecule has 1 heterocycles. The summed E-state index contributed by atoms with van der Waals surface area (Å²) in [6, 6.07) is 13.3. The molecular formula is C18H16BrNO3. The number of carbonyl (C=O) groups excluding carboxylic acids is 2. The fourth-order valence-electron chi connectivity index (χ4n) is 2.68. The maximum Gasteiger partial charge on any atom is 0.260 e. The molecule has 23 heavy (non-hydrogen) atoms. The lowest BCUT2D eigenvalue weighted by Gasteiger charge is -2.28. The van der Waals surface area contributed by atoms with E-state index in [1.807, 2.05) is 12.1 Å². The first-order valence-corrected chi connectivity index (χ1v) is 8.19. The number of rotatable bonds is 4. The van der Waals surface area contributed by atoms with Crippen LogP contribution in [0.25, 0.3) is 0 Å². The van der Waals surface area contributed by atoms with Crippen molar-refractivity contribution < 1.29 is 14.3 Å². The number of ether oxygens (including phenoxy) is 1. The van der Waals surface area contributed by atoms with E-state index in [0.29, 0.717) is 24.4 Å². The summed E-state index contributed by atoms with van der Waals surface area (Å²) in [4.78, 5) is 25.2.